The Kier molecular flexibility index (Phi) is 2.81. The van der Waals surface area contributed by atoms with Crippen molar-refractivity contribution >= 4 is 0 Å². The zero-order valence-electron chi connectivity index (χ0n) is 9.53. The molecule has 0 amide bonds. The van der Waals surface area contributed by atoms with Crippen LogP contribution in [0.4, 0.5) is 0 Å². The average Bonchev–Trinajstić information content (AvgIpc) is 2.15. The maximum Gasteiger partial charge on any atom is 0.0681 e. The first-order chi connectivity index (χ1) is 7.09. The van der Waals surface area contributed by atoms with Crippen LogP contribution in [0.2, 0.25) is 0 Å². The van der Waals surface area contributed by atoms with E-state index in [1.54, 1.807) is 0 Å². The van der Waals surface area contributed by atoms with Crippen molar-refractivity contribution in [1.82, 2.24) is 4.90 Å². The van der Waals surface area contributed by atoms with Crippen LogP contribution in [-0.2, 0) is 13.2 Å². The molecule has 2 nitrogen and oxygen atoms in total. The summed E-state index contributed by atoms with van der Waals surface area (Å²) in [6.07, 6.45) is 0. The average molecular weight is 205 g/mol. The van der Waals surface area contributed by atoms with E-state index in [2.05, 4.69) is 30.9 Å². The minimum absolute atomic E-state index is 0.138. The van der Waals surface area contributed by atoms with Crippen LogP contribution in [0, 0.1) is 5.41 Å². The van der Waals surface area contributed by atoms with Crippen LogP contribution < -0.4 is 0 Å². The maximum absolute atomic E-state index is 9.04. The fourth-order valence-electron chi connectivity index (χ4n) is 2.36. The Labute approximate surface area is 91.5 Å². The number of aliphatic hydroxyl groups is 1. The fraction of sp³-hybridized carbons (Fsp3) is 0.538. The van der Waals surface area contributed by atoms with Crippen molar-refractivity contribution in [2.45, 2.75) is 27.0 Å². The summed E-state index contributed by atoms with van der Waals surface area (Å²) in [6, 6.07) is 8.20. The molecule has 0 atom stereocenters. The fourth-order valence-corrected chi connectivity index (χ4v) is 2.36. The first kappa shape index (κ1) is 10.7. The highest BCUT2D eigenvalue weighted by Crippen LogP contribution is 2.29. The molecular weight excluding hydrogens is 186 g/mol. The summed E-state index contributed by atoms with van der Waals surface area (Å²) in [5.41, 5.74) is 2.80. The van der Waals surface area contributed by atoms with E-state index in [0.717, 1.165) is 12.1 Å². The van der Waals surface area contributed by atoms with Crippen molar-refractivity contribution in [2.75, 3.05) is 13.1 Å². The molecule has 1 saturated heterocycles. The van der Waals surface area contributed by atoms with E-state index in [1.165, 1.54) is 18.7 Å². The molecule has 1 N–H and O–H groups in total. The Morgan fingerprint density at radius 2 is 1.93 bits per heavy atom. The van der Waals surface area contributed by atoms with Gasteiger partial charge in [0.15, 0.2) is 0 Å². The Hall–Kier alpha value is -0.860. The lowest BCUT2D eigenvalue weighted by molar-refractivity contribution is 0.0242. The summed E-state index contributed by atoms with van der Waals surface area (Å²) in [7, 11) is 0. The maximum atomic E-state index is 9.04. The van der Waals surface area contributed by atoms with Crippen LogP contribution >= 0.6 is 0 Å². The van der Waals surface area contributed by atoms with E-state index in [4.69, 9.17) is 5.11 Å². The third kappa shape index (κ3) is 2.58. The van der Waals surface area contributed by atoms with Crippen molar-refractivity contribution in [3.05, 3.63) is 35.4 Å². The van der Waals surface area contributed by atoms with Crippen molar-refractivity contribution in [2.24, 2.45) is 5.41 Å². The van der Waals surface area contributed by atoms with Crippen molar-refractivity contribution < 1.29 is 5.11 Å². The molecule has 0 saturated carbocycles. The molecule has 1 aliphatic rings. The van der Waals surface area contributed by atoms with Gasteiger partial charge in [-0.2, -0.15) is 0 Å². The highest BCUT2D eigenvalue weighted by Gasteiger charge is 2.33. The number of hydrogen-bond acceptors (Lipinski definition) is 2. The van der Waals surface area contributed by atoms with Crippen molar-refractivity contribution in [1.29, 1.82) is 0 Å². The van der Waals surface area contributed by atoms with Gasteiger partial charge in [-0.05, 0) is 16.5 Å². The lowest BCUT2D eigenvalue weighted by atomic mass is 9.84. The molecule has 1 heterocycles. The standard InChI is InChI=1S/C13H19NO/c1-13(2)9-14(10-13)7-11-4-3-5-12(6-11)8-15/h3-6,15H,7-10H2,1-2H3. The Balaban J connectivity index is 1.94. The molecule has 0 unspecified atom stereocenters. The van der Waals surface area contributed by atoms with Crippen LogP contribution in [0.1, 0.15) is 25.0 Å². The van der Waals surface area contributed by atoms with E-state index in [1.807, 2.05) is 12.1 Å². The quantitative estimate of drug-likeness (QED) is 0.816. The molecule has 2 heteroatoms. The van der Waals surface area contributed by atoms with Gasteiger partial charge < -0.3 is 5.11 Å². The van der Waals surface area contributed by atoms with Crippen LogP contribution in [0.5, 0.6) is 0 Å². The normalized spacial score (nSPS) is 19.9. The van der Waals surface area contributed by atoms with Crippen molar-refractivity contribution in [3.63, 3.8) is 0 Å². The second-order valence-corrected chi connectivity index (χ2v) is 5.29. The predicted molar refractivity (Wildman–Crippen MR) is 61.4 cm³/mol. The smallest absolute Gasteiger partial charge is 0.0681 e. The molecule has 82 valence electrons. The Morgan fingerprint density at radius 3 is 2.53 bits per heavy atom. The third-order valence-corrected chi connectivity index (χ3v) is 2.88. The molecule has 0 bridgehead atoms. The first-order valence-corrected chi connectivity index (χ1v) is 5.50. The molecule has 0 aliphatic carbocycles. The number of likely N-dealkylation sites (tertiary alicyclic amines) is 1. The van der Waals surface area contributed by atoms with E-state index in [-0.39, 0.29) is 6.61 Å². The topological polar surface area (TPSA) is 23.5 Å². The monoisotopic (exact) mass is 205 g/mol. The van der Waals surface area contributed by atoms with Gasteiger partial charge in [-0.1, -0.05) is 38.1 Å². The summed E-state index contributed by atoms with van der Waals surface area (Å²) in [5.74, 6) is 0. The molecule has 0 radical (unpaired) electrons. The van der Waals surface area contributed by atoms with Gasteiger partial charge in [0, 0.05) is 19.6 Å². The zero-order valence-corrected chi connectivity index (χ0v) is 9.53. The van der Waals surface area contributed by atoms with Gasteiger partial charge in [0.2, 0.25) is 0 Å². The van der Waals surface area contributed by atoms with Gasteiger partial charge in [0.1, 0.15) is 0 Å². The molecule has 0 aromatic heterocycles. The lowest BCUT2D eigenvalue weighted by Crippen LogP contribution is -2.52. The predicted octanol–water partition coefficient (Wildman–Crippen LogP) is 2.02. The second kappa shape index (κ2) is 3.95. The van der Waals surface area contributed by atoms with Gasteiger partial charge in [0.05, 0.1) is 6.61 Å². The molecular formula is C13H19NO. The summed E-state index contributed by atoms with van der Waals surface area (Å²) < 4.78 is 0. The lowest BCUT2D eigenvalue weighted by Gasteiger charge is -2.46. The molecule has 0 spiro atoms. The minimum atomic E-state index is 0.138. The van der Waals surface area contributed by atoms with Gasteiger partial charge in [0.25, 0.3) is 0 Å². The summed E-state index contributed by atoms with van der Waals surface area (Å²) in [6.45, 7) is 8.10. The molecule has 2 rings (SSSR count). The van der Waals surface area contributed by atoms with Gasteiger partial charge in [-0.15, -0.1) is 0 Å². The molecule has 15 heavy (non-hydrogen) atoms. The zero-order chi connectivity index (χ0) is 10.9. The molecule has 1 aromatic rings. The van der Waals surface area contributed by atoms with E-state index in [9.17, 15) is 0 Å². The highest BCUT2D eigenvalue weighted by molar-refractivity contribution is 5.23. The summed E-state index contributed by atoms with van der Waals surface area (Å²) in [4.78, 5) is 2.44. The van der Waals surface area contributed by atoms with E-state index < -0.39 is 0 Å². The van der Waals surface area contributed by atoms with E-state index in [0.29, 0.717) is 5.41 Å². The largest absolute Gasteiger partial charge is 0.392 e. The van der Waals surface area contributed by atoms with E-state index >= 15 is 0 Å². The molecule has 1 aliphatic heterocycles. The second-order valence-electron chi connectivity index (χ2n) is 5.29. The van der Waals surface area contributed by atoms with Crippen molar-refractivity contribution in [3.8, 4) is 0 Å². The van der Waals surface area contributed by atoms with Crippen LogP contribution in [-0.4, -0.2) is 23.1 Å². The SMILES string of the molecule is CC1(C)CN(Cc2cccc(CO)c2)C1. The first-order valence-electron chi connectivity index (χ1n) is 5.50. The number of nitrogens with zero attached hydrogens (tertiary/aromatic N) is 1. The summed E-state index contributed by atoms with van der Waals surface area (Å²) in [5, 5.41) is 9.04. The minimum Gasteiger partial charge on any atom is -0.392 e. The van der Waals surface area contributed by atoms with Gasteiger partial charge >= 0.3 is 0 Å². The van der Waals surface area contributed by atoms with Gasteiger partial charge in [-0.3, -0.25) is 4.90 Å². The highest BCUT2D eigenvalue weighted by atomic mass is 16.3. The number of rotatable bonds is 3. The Morgan fingerprint density at radius 1 is 1.27 bits per heavy atom. The summed E-state index contributed by atoms with van der Waals surface area (Å²) >= 11 is 0. The molecule has 1 aromatic carbocycles. The van der Waals surface area contributed by atoms with Gasteiger partial charge in [-0.25, -0.2) is 0 Å². The third-order valence-electron chi connectivity index (χ3n) is 2.88. The number of aliphatic hydroxyl groups excluding tert-OH is 1. The van der Waals surface area contributed by atoms with Crippen LogP contribution in [0.25, 0.3) is 0 Å². The Bertz CT molecular complexity index is 338. The number of hydrogen-bond donors (Lipinski definition) is 1. The number of benzene rings is 1. The van der Waals surface area contributed by atoms with Crippen LogP contribution in [0.3, 0.4) is 0 Å². The molecule has 1 fully saturated rings. The van der Waals surface area contributed by atoms with Crippen LogP contribution in [0.15, 0.2) is 24.3 Å².